The van der Waals surface area contributed by atoms with E-state index < -0.39 is 10.0 Å². The van der Waals surface area contributed by atoms with Crippen LogP contribution in [0.3, 0.4) is 0 Å². The van der Waals surface area contributed by atoms with Crippen LogP contribution in [0.5, 0.6) is 0 Å². The van der Waals surface area contributed by atoms with Gasteiger partial charge >= 0.3 is 0 Å². The fraction of sp³-hybridized carbons (Fsp3) is 0.364. The van der Waals surface area contributed by atoms with Gasteiger partial charge in [0, 0.05) is 13.2 Å². The minimum Gasteiger partial charge on any atom is -0.376 e. The number of nitrogens with zero attached hydrogens (tertiary/aromatic N) is 4. The number of aryl methyl sites for hydroxylation is 2. The first kappa shape index (κ1) is 19.3. The Morgan fingerprint density at radius 1 is 1.07 bits per heavy atom. The summed E-state index contributed by atoms with van der Waals surface area (Å²) in [7, 11) is -3.79. The van der Waals surface area contributed by atoms with Gasteiger partial charge in [-0.05, 0) is 56.0 Å². The maximum atomic E-state index is 13.7. The molecule has 8 heteroatoms. The molecule has 0 spiro atoms. The molecule has 2 aliphatic rings. The van der Waals surface area contributed by atoms with E-state index in [2.05, 4.69) is 0 Å². The molecule has 0 N–H and O–H groups in total. The first-order valence-electron chi connectivity index (χ1n) is 10.2. The highest BCUT2D eigenvalue weighted by atomic mass is 32.2. The Kier molecular flexibility index (Phi) is 4.63. The van der Waals surface area contributed by atoms with E-state index in [1.165, 1.54) is 4.31 Å². The van der Waals surface area contributed by atoms with Crippen LogP contribution < -0.4 is 9.21 Å². The number of hydrogen-bond acceptors (Lipinski definition) is 6. The number of para-hydroxylation sites is 2. The maximum Gasteiger partial charge on any atom is 0.267 e. The number of sulfonamides is 1. The van der Waals surface area contributed by atoms with Gasteiger partial charge in [0.15, 0.2) is 11.6 Å². The molecule has 30 heavy (non-hydrogen) atoms. The SMILES string of the molecule is Cc1ccc(C)c(S(=O)(=O)N2CN(CC3CCCO3)c3nc4ccccc4nc32)c1. The van der Waals surface area contributed by atoms with Crippen LogP contribution in [0.25, 0.3) is 11.0 Å². The largest absolute Gasteiger partial charge is 0.376 e. The first-order chi connectivity index (χ1) is 14.4. The summed E-state index contributed by atoms with van der Waals surface area (Å²) in [6.07, 6.45) is 2.07. The predicted molar refractivity (Wildman–Crippen MR) is 116 cm³/mol. The second kappa shape index (κ2) is 7.21. The van der Waals surface area contributed by atoms with Gasteiger partial charge in [-0.1, -0.05) is 24.3 Å². The summed E-state index contributed by atoms with van der Waals surface area (Å²) in [5.74, 6) is 0.977. The molecule has 0 bridgehead atoms. The standard InChI is InChI=1S/C22H24N4O3S/c1-15-9-10-16(2)20(12-15)30(27,28)26-14-25(13-17-6-5-11-29-17)21-22(26)24-19-8-4-3-7-18(19)23-21/h3-4,7-10,12,17H,5-6,11,13-14H2,1-2H3. The Balaban J connectivity index is 1.63. The zero-order chi connectivity index (χ0) is 20.9. The maximum absolute atomic E-state index is 13.7. The number of hydrogen-bond donors (Lipinski definition) is 0. The van der Waals surface area contributed by atoms with E-state index in [1.807, 2.05) is 55.1 Å². The summed E-state index contributed by atoms with van der Waals surface area (Å²) >= 11 is 0. The van der Waals surface area contributed by atoms with E-state index >= 15 is 0 Å². The summed E-state index contributed by atoms with van der Waals surface area (Å²) in [4.78, 5) is 11.8. The van der Waals surface area contributed by atoms with Gasteiger partial charge in [-0.15, -0.1) is 0 Å². The summed E-state index contributed by atoms with van der Waals surface area (Å²) in [5, 5.41) is 0. The number of rotatable bonds is 4. The molecule has 0 saturated carbocycles. The third-order valence-corrected chi connectivity index (χ3v) is 7.59. The zero-order valence-corrected chi connectivity index (χ0v) is 17.9. The average molecular weight is 425 g/mol. The van der Waals surface area contributed by atoms with E-state index in [9.17, 15) is 8.42 Å². The van der Waals surface area contributed by atoms with Gasteiger partial charge in [0.25, 0.3) is 10.0 Å². The van der Waals surface area contributed by atoms with Crippen molar-refractivity contribution >= 4 is 32.7 Å². The van der Waals surface area contributed by atoms with Crippen molar-refractivity contribution < 1.29 is 13.2 Å². The lowest BCUT2D eigenvalue weighted by molar-refractivity contribution is 0.116. The fourth-order valence-electron chi connectivity index (χ4n) is 4.12. The molecular weight excluding hydrogens is 400 g/mol. The summed E-state index contributed by atoms with van der Waals surface area (Å²) < 4.78 is 34.6. The second-order valence-corrected chi connectivity index (χ2v) is 9.81. The molecule has 5 rings (SSSR count). The van der Waals surface area contributed by atoms with Crippen molar-refractivity contribution in [2.24, 2.45) is 0 Å². The van der Waals surface area contributed by atoms with Crippen LogP contribution in [-0.2, 0) is 14.8 Å². The van der Waals surface area contributed by atoms with Crippen LogP contribution in [-0.4, -0.2) is 44.3 Å². The van der Waals surface area contributed by atoms with Gasteiger partial charge in [0.1, 0.15) is 6.67 Å². The average Bonchev–Trinajstić information content (AvgIpc) is 3.37. The Labute approximate surface area is 176 Å². The molecule has 3 heterocycles. The third kappa shape index (κ3) is 3.20. The lowest BCUT2D eigenvalue weighted by atomic mass is 10.2. The van der Waals surface area contributed by atoms with E-state index in [0.29, 0.717) is 34.2 Å². The molecule has 1 unspecified atom stereocenters. The minimum atomic E-state index is -3.79. The van der Waals surface area contributed by atoms with Crippen LogP contribution in [0, 0.1) is 13.8 Å². The van der Waals surface area contributed by atoms with Gasteiger partial charge in [-0.2, -0.15) is 0 Å². The van der Waals surface area contributed by atoms with E-state index in [0.717, 1.165) is 30.5 Å². The van der Waals surface area contributed by atoms with Crippen molar-refractivity contribution in [3.63, 3.8) is 0 Å². The second-order valence-electron chi connectivity index (χ2n) is 7.98. The van der Waals surface area contributed by atoms with Crippen LogP contribution >= 0.6 is 0 Å². The number of fused-ring (bicyclic) bond motifs is 2. The Morgan fingerprint density at radius 3 is 2.50 bits per heavy atom. The summed E-state index contributed by atoms with van der Waals surface area (Å²) in [6.45, 7) is 5.24. The van der Waals surface area contributed by atoms with E-state index in [-0.39, 0.29) is 12.8 Å². The normalized spacial score (nSPS) is 18.9. The van der Waals surface area contributed by atoms with E-state index in [1.54, 1.807) is 6.07 Å². The van der Waals surface area contributed by atoms with Crippen LogP contribution in [0.4, 0.5) is 11.6 Å². The number of aromatic nitrogens is 2. The molecule has 156 valence electrons. The Morgan fingerprint density at radius 2 is 1.80 bits per heavy atom. The van der Waals surface area contributed by atoms with Crippen LogP contribution in [0.1, 0.15) is 24.0 Å². The molecule has 0 radical (unpaired) electrons. The molecule has 2 aromatic carbocycles. The Bertz CT molecular complexity index is 1220. The van der Waals surface area contributed by atoms with Crippen molar-refractivity contribution in [3.8, 4) is 0 Å². The van der Waals surface area contributed by atoms with Crippen molar-refractivity contribution in [2.45, 2.75) is 37.7 Å². The summed E-state index contributed by atoms with van der Waals surface area (Å²) in [5.41, 5.74) is 3.05. The quantitative estimate of drug-likeness (QED) is 0.639. The molecule has 1 aromatic heterocycles. The third-order valence-electron chi connectivity index (χ3n) is 5.73. The van der Waals surface area contributed by atoms with Crippen molar-refractivity contribution in [1.82, 2.24) is 9.97 Å². The molecule has 1 fully saturated rings. The van der Waals surface area contributed by atoms with Gasteiger partial charge < -0.3 is 9.64 Å². The highest BCUT2D eigenvalue weighted by Gasteiger charge is 2.39. The smallest absolute Gasteiger partial charge is 0.267 e. The van der Waals surface area contributed by atoms with Crippen molar-refractivity contribution in [3.05, 3.63) is 53.6 Å². The number of anilines is 2. The van der Waals surface area contributed by atoms with Gasteiger partial charge in [0.2, 0.25) is 0 Å². The van der Waals surface area contributed by atoms with Crippen LogP contribution in [0.2, 0.25) is 0 Å². The van der Waals surface area contributed by atoms with Crippen LogP contribution in [0.15, 0.2) is 47.4 Å². The molecular formula is C22H24N4O3S. The number of ether oxygens (including phenoxy) is 1. The molecule has 0 amide bonds. The van der Waals surface area contributed by atoms with Gasteiger partial charge in [0.05, 0.1) is 22.0 Å². The lowest BCUT2D eigenvalue weighted by Crippen LogP contribution is -2.39. The highest BCUT2D eigenvalue weighted by Crippen LogP contribution is 2.38. The van der Waals surface area contributed by atoms with Crippen molar-refractivity contribution in [2.75, 3.05) is 29.0 Å². The minimum absolute atomic E-state index is 0.0782. The summed E-state index contributed by atoms with van der Waals surface area (Å²) in [6, 6.07) is 13.0. The van der Waals surface area contributed by atoms with Gasteiger partial charge in [-0.25, -0.2) is 22.7 Å². The fourth-order valence-corrected chi connectivity index (χ4v) is 5.81. The van der Waals surface area contributed by atoms with Gasteiger partial charge in [-0.3, -0.25) is 0 Å². The highest BCUT2D eigenvalue weighted by molar-refractivity contribution is 7.93. The Hall–Kier alpha value is -2.71. The molecule has 2 aliphatic heterocycles. The zero-order valence-electron chi connectivity index (χ0n) is 17.1. The molecule has 1 saturated heterocycles. The predicted octanol–water partition coefficient (Wildman–Crippen LogP) is 3.40. The molecule has 3 aromatic rings. The monoisotopic (exact) mass is 424 g/mol. The lowest BCUT2D eigenvalue weighted by Gasteiger charge is -2.23. The first-order valence-corrected chi connectivity index (χ1v) is 11.6. The molecule has 0 aliphatic carbocycles. The van der Waals surface area contributed by atoms with Crippen molar-refractivity contribution in [1.29, 1.82) is 0 Å². The molecule has 7 nitrogen and oxygen atoms in total. The topological polar surface area (TPSA) is 75.6 Å². The van der Waals surface area contributed by atoms with E-state index in [4.69, 9.17) is 14.7 Å². The number of benzene rings is 2. The molecule has 1 atom stereocenters.